The van der Waals surface area contributed by atoms with Crippen molar-refractivity contribution < 1.29 is 0 Å². The summed E-state index contributed by atoms with van der Waals surface area (Å²) in [6, 6.07) is 4.13. The maximum atomic E-state index is 4.72. The van der Waals surface area contributed by atoms with E-state index >= 15 is 0 Å². The van der Waals surface area contributed by atoms with Gasteiger partial charge in [0.05, 0.1) is 5.69 Å². The highest BCUT2D eigenvalue weighted by Crippen LogP contribution is 2.38. The minimum Gasteiger partial charge on any atom is -0.373 e. The van der Waals surface area contributed by atoms with E-state index in [0.717, 1.165) is 36.0 Å². The number of hydrogen-bond acceptors (Lipinski definition) is 4. The third-order valence-electron chi connectivity index (χ3n) is 3.70. The third kappa shape index (κ3) is 2.40. The molecule has 0 unspecified atom stereocenters. The number of nitrogens with one attached hydrogen (secondary N) is 1. The smallest absolute Gasteiger partial charge is 0.159 e. The summed E-state index contributed by atoms with van der Waals surface area (Å²) in [6.07, 6.45) is 4.29. The molecule has 0 spiro atoms. The van der Waals surface area contributed by atoms with Gasteiger partial charge < -0.3 is 5.32 Å². The van der Waals surface area contributed by atoms with Crippen LogP contribution in [0.2, 0.25) is 0 Å². The molecular weight excluding hydrogens is 250 g/mol. The Labute approximate surface area is 119 Å². The monoisotopic (exact) mass is 271 g/mol. The molecule has 1 fully saturated rings. The Morgan fingerprint density at radius 2 is 2.00 bits per heavy atom. The van der Waals surface area contributed by atoms with Crippen LogP contribution in [0.15, 0.2) is 12.1 Å². The summed E-state index contributed by atoms with van der Waals surface area (Å²) in [6.45, 7) is 4.27. The van der Waals surface area contributed by atoms with Crippen LogP contribution >= 0.6 is 0 Å². The van der Waals surface area contributed by atoms with Crippen LogP contribution in [0.25, 0.3) is 5.82 Å². The van der Waals surface area contributed by atoms with Crippen molar-refractivity contribution in [3.63, 3.8) is 0 Å². The van der Waals surface area contributed by atoms with E-state index in [-0.39, 0.29) is 0 Å². The van der Waals surface area contributed by atoms with Gasteiger partial charge >= 0.3 is 0 Å². The number of aryl methyl sites for hydroxylation is 2. The first-order chi connectivity index (χ1) is 9.75. The average molecular weight is 271 g/mol. The van der Waals surface area contributed by atoms with E-state index in [0.29, 0.717) is 5.92 Å². The van der Waals surface area contributed by atoms with Crippen molar-refractivity contribution >= 4 is 5.82 Å². The number of nitrogens with zero attached hydrogens (tertiary/aromatic N) is 4. The van der Waals surface area contributed by atoms with Gasteiger partial charge in [-0.15, -0.1) is 0 Å². The molecule has 106 valence electrons. The Hall–Kier alpha value is -1.91. The summed E-state index contributed by atoms with van der Waals surface area (Å²) in [5.74, 6) is 3.23. The topological polar surface area (TPSA) is 55.6 Å². The van der Waals surface area contributed by atoms with Gasteiger partial charge in [-0.1, -0.05) is 13.8 Å². The summed E-state index contributed by atoms with van der Waals surface area (Å²) < 4.78 is 1.97. The Bertz CT molecular complexity index is 613. The normalized spacial score (nSPS) is 14.6. The Kier molecular flexibility index (Phi) is 3.42. The van der Waals surface area contributed by atoms with E-state index in [2.05, 4.69) is 35.3 Å². The molecule has 20 heavy (non-hydrogen) atoms. The maximum absolute atomic E-state index is 4.72. The van der Waals surface area contributed by atoms with E-state index < -0.39 is 0 Å². The summed E-state index contributed by atoms with van der Waals surface area (Å²) >= 11 is 0. The van der Waals surface area contributed by atoms with Gasteiger partial charge in [-0.25, -0.2) is 14.6 Å². The van der Waals surface area contributed by atoms with Crippen molar-refractivity contribution in [3.8, 4) is 5.82 Å². The van der Waals surface area contributed by atoms with Crippen LogP contribution in [0.3, 0.4) is 0 Å². The average Bonchev–Trinajstić information content (AvgIpc) is 3.25. The SMILES string of the molecule is CCc1cc(CC)n(-c2cc(NC)nc(C3CC3)n2)n1. The lowest BCUT2D eigenvalue weighted by Crippen LogP contribution is -2.08. The lowest BCUT2D eigenvalue weighted by atomic mass is 10.2. The predicted molar refractivity (Wildman–Crippen MR) is 79.4 cm³/mol. The molecule has 5 nitrogen and oxygen atoms in total. The van der Waals surface area contributed by atoms with E-state index in [1.54, 1.807) is 0 Å². The zero-order valence-corrected chi connectivity index (χ0v) is 12.3. The van der Waals surface area contributed by atoms with Crippen LogP contribution in [-0.2, 0) is 12.8 Å². The van der Waals surface area contributed by atoms with Gasteiger partial charge in [-0.3, -0.25) is 0 Å². The van der Waals surface area contributed by atoms with Crippen LogP contribution in [0, 0.1) is 0 Å². The third-order valence-corrected chi connectivity index (χ3v) is 3.70. The second-order valence-electron chi connectivity index (χ2n) is 5.24. The molecule has 1 saturated carbocycles. The molecule has 2 heterocycles. The Morgan fingerprint density at radius 1 is 1.20 bits per heavy atom. The van der Waals surface area contributed by atoms with Gasteiger partial charge in [0.1, 0.15) is 11.6 Å². The molecule has 2 aromatic heterocycles. The first-order valence-electron chi connectivity index (χ1n) is 7.40. The molecule has 0 aromatic carbocycles. The second kappa shape index (κ2) is 5.23. The van der Waals surface area contributed by atoms with Crippen molar-refractivity contribution in [2.45, 2.75) is 45.4 Å². The van der Waals surface area contributed by atoms with Crippen molar-refractivity contribution in [1.82, 2.24) is 19.7 Å². The lowest BCUT2D eigenvalue weighted by molar-refractivity contribution is 0.755. The maximum Gasteiger partial charge on any atom is 0.159 e. The molecule has 1 aliphatic carbocycles. The minimum absolute atomic E-state index is 0.535. The summed E-state index contributed by atoms with van der Waals surface area (Å²) in [7, 11) is 1.89. The Morgan fingerprint density at radius 3 is 2.60 bits per heavy atom. The van der Waals surface area contributed by atoms with Crippen molar-refractivity contribution in [1.29, 1.82) is 0 Å². The second-order valence-corrected chi connectivity index (χ2v) is 5.24. The zero-order chi connectivity index (χ0) is 14.1. The molecule has 5 heteroatoms. The van der Waals surface area contributed by atoms with Crippen LogP contribution < -0.4 is 5.32 Å². The van der Waals surface area contributed by atoms with Gasteiger partial charge in [0.2, 0.25) is 0 Å². The summed E-state index contributed by atoms with van der Waals surface area (Å²) in [4.78, 5) is 9.28. The summed E-state index contributed by atoms with van der Waals surface area (Å²) in [5.41, 5.74) is 2.31. The fraction of sp³-hybridized carbons (Fsp3) is 0.533. The van der Waals surface area contributed by atoms with E-state index in [1.807, 2.05) is 17.8 Å². The molecule has 0 atom stereocenters. The van der Waals surface area contributed by atoms with Crippen LogP contribution in [-0.4, -0.2) is 26.8 Å². The Balaban J connectivity index is 2.08. The lowest BCUT2D eigenvalue weighted by Gasteiger charge is -2.09. The van der Waals surface area contributed by atoms with E-state index in [4.69, 9.17) is 4.98 Å². The summed E-state index contributed by atoms with van der Waals surface area (Å²) in [5, 5.41) is 7.79. The van der Waals surface area contributed by atoms with Crippen molar-refractivity contribution in [2.24, 2.45) is 0 Å². The molecular formula is C15H21N5. The van der Waals surface area contributed by atoms with Gasteiger partial charge in [-0.05, 0) is 31.7 Å². The van der Waals surface area contributed by atoms with Crippen LogP contribution in [0.1, 0.15) is 49.8 Å². The highest BCUT2D eigenvalue weighted by molar-refractivity contribution is 5.42. The highest BCUT2D eigenvalue weighted by atomic mass is 15.3. The zero-order valence-electron chi connectivity index (χ0n) is 12.3. The quantitative estimate of drug-likeness (QED) is 0.908. The molecule has 3 rings (SSSR count). The molecule has 2 aromatic rings. The molecule has 1 aliphatic rings. The van der Waals surface area contributed by atoms with Gasteiger partial charge in [-0.2, -0.15) is 5.10 Å². The van der Waals surface area contributed by atoms with E-state index in [9.17, 15) is 0 Å². The largest absolute Gasteiger partial charge is 0.373 e. The highest BCUT2D eigenvalue weighted by Gasteiger charge is 2.27. The van der Waals surface area contributed by atoms with Gasteiger partial charge in [0.25, 0.3) is 0 Å². The van der Waals surface area contributed by atoms with Crippen LogP contribution in [0.5, 0.6) is 0 Å². The van der Waals surface area contributed by atoms with Crippen molar-refractivity contribution in [3.05, 3.63) is 29.3 Å². The number of rotatable bonds is 5. The fourth-order valence-electron chi connectivity index (χ4n) is 2.31. The first kappa shape index (κ1) is 13.1. The van der Waals surface area contributed by atoms with E-state index in [1.165, 1.54) is 18.5 Å². The van der Waals surface area contributed by atoms with Crippen LogP contribution in [0.4, 0.5) is 5.82 Å². The van der Waals surface area contributed by atoms with Crippen molar-refractivity contribution in [2.75, 3.05) is 12.4 Å². The molecule has 0 bridgehead atoms. The molecule has 1 N–H and O–H groups in total. The standard InChI is InChI=1S/C15H21N5/c1-4-11-8-12(5-2)20(19-11)14-9-13(16-3)17-15(18-14)10-6-7-10/h8-10H,4-7H2,1-3H3,(H,16,17,18). The van der Waals surface area contributed by atoms with Gasteiger partial charge in [0.15, 0.2) is 5.82 Å². The first-order valence-corrected chi connectivity index (χ1v) is 7.40. The predicted octanol–water partition coefficient (Wildman–Crippen LogP) is 2.71. The molecule has 0 saturated heterocycles. The number of anilines is 1. The number of aromatic nitrogens is 4. The fourth-order valence-corrected chi connectivity index (χ4v) is 2.31. The number of hydrogen-bond donors (Lipinski definition) is 1. The molecule has 0 amide bonds. The molecule has 0 radical (unpaired) electrons. The molecule has 0 aliphatic heterocycles. The van der Waals surface area contributed by atoms with Gasteiger partial charge in [0, 0.05) is 24.7 Å². The minimum atomic E-state index is 0.535.